The summed E-state index contributed by atoms with van der Waals surface area (Å²) in [5.74, 6) is -0.695. The molecule has 0 fully saturated rings. The van der Waals surface area contributed by atoms with Crippen molar-refractivity contribution in [3.63, 3.8) is 0 Å². The molecule has 4 rings (SSSR count). The molecular formula is C17H12ClN5O2. The summed E-state index contributed by atoms with van der Waals surface area (Å²) in [5, 5.41) is 5.35. The van der Waals surface area contributed by atoms with Crippen LogP contribution in [0.5, 0.6) is 0 Å². The van der Waals surface area contributed by atoms with Crippen LogP contribution >= 0.6 is 11.6 Å². The van der Waals surface area contributed by atoms with E-state index in [1.54, 1.807) is 37.4 Å². The van der Waals surface area contributed by atoms with E-state index in [0.29, 0.717) is 27.4 Å². The first kappa shape index (κ1) is 15.3. The van der Waals surface area contributed by atoms with Crippen molar-refractivity contribution in [3.05, 3.63) is 63.7 Å². The first-order valence-electron chi connectivity index (χ1n) is 7.41. The number of benzene rings is 1. The quantitative estimate of drug-likeness (QED) is 0.558. The van der Waals surface area contributed by atoms with Gasteiger partial charge in [0.2, 0.25) is 0 Å². The highest BCUT2D eigenvalue weighted by Gasteiger charge is 2.19. The molecule has 0 aliphatic heterocycles. The Balaban J connectivity index is 2.10. The maximum atomic E-state index is 12.5. The van der Waals surface area contributed by atoms with E-state index >= 15 is 0 Å². The van der Waals surface area contributed by atoms with Gasteiger partial charge in [-0.15, -0.1) is 0 Å². The number of carbonyl (C=O) groups is 1. The third kappa shape index (κ3) is 2.36. The van der Waals surface area contributed by atoms with Crippen molar-refractivity contribution in [1.82, 2.24) is 19.3 Å². The van der Waals surface area contributed by atoms with Gasteiger partial charge in [-0.05, 0) is 36.4 Å². The Morgan fingerprint density at radius 3 is 2.72 bits per heavy atom. The Kier molecular flexibility index (Phi) is 3.33. The lowest BCUT2D eigenvalue weighted by atomic mass is 10.2. The average Bonchev–Trinajstić information content (AvgIpc) is 2.91. The molecule has 3 aromatic heterocycles. The van der Waals surface area contributed by atoms with Crippen LogP contribution < -0.4 is 11.3 Å². The zero-order chi connectivity index (χ0) is 17.7. The molecule has 0 aliphatic rings. The Morgan fingerprint density at radius 1 is 1.16 bits per heavy atom. The van der Waals surface area contributed by atoms with E-state index in [0.717, 1.165) is 5.39 Å². The van der Waals surface area contributed by atoms with Crippen LogP contribution in [0.1, 0.15) is 10.5 Å². The highest BCUT2D eigenvalue weighted by molar-refractivity contribution is 6.29. The molecule has 124 valence electrons. The number of primary amides is 1. The molecule has 0 bridgehead atoms. The zero-order valence-corrected chi connectivity index (χ0v) is 13.9. The van der Waals surface area contributed by atoms with Gasteiger partial charge in [-0.2, -0.15) is 5.10 Å². The molecule has 8 heteroatoms. The summed E-state index contributed by atoms with van der Waals surface area (Å²) in [7, 11) is 1.69. The molecule has 7 nitrogen and oxygen atoms in total. The standard InChI is InChI=1S/C17H12ClN5O2/c1-22-12-5-7-14(24)23(16(12)15(21-22)17(19)25)10-3-4-11-9(8-10)2-6-13(18)20-11/h2-8H,1H3,(H2,19,25). The maximum absolute atomic E-state index is 12.5. The second-order valence-corrected chi connectivity index (χ2v) is 5.98. The number of hydrogen-bond donors (Lipinski definition) is 1. The van der Waals surface area contributed by atoms with Gasteiger partial charge >= 0.3 is 0 Å². The topological polar surface area (TPSA) is 95.8 Å². The second-order valence-electron chi connectivity index (χ2n) is 5.59. The van der Waals surface area contributed by atoms with Crippen molar-refractivity contribution in [2.75, 3.05) is 0 Å². The van der Waals surface area contributed by atoms with Crippen LogP contribution in [0.4, 0.5) is 0 Å². The molecular weight excluding hydrogens is 342 g/mol. The number of aryl methyl sites for hydroxylation is 1. The summed E-state index contributed by atoms with van der Waals surface area (Å²) in [6, 6.07) is 11.9. The van der Waals surface area contributed by atoms with Crippen LogP contribution in [0.2, 0.25) is 5.15 Å². The number of carbonyl (C=O) groups excluding carboxylic acids is 1. The lowest BCUT2D eigenvalue weighted by Gasteiger charge is -2.09. The number of halogens is 1. The molecule has 1 aromatic carbocycles. The van der Waals surface area contributed by atoms with Crippen molar-refractivity contribution in [1.29, 1.82) is 0 Å². The number of amides is 1. The van der Waals surface area contributed by atoms with Gasteiger partial charge in [-0.1, -0.05) is 11.6 Å². The van der Waals surface area contributed by atoms with Crippen LogP contribution in [0.25, 0.3) is 27.6 Å². The number of nitrogens with zero attached hydrogens (tertiary/aromatic N) is 4. The van der Waals surface area contributed by atoms with Crippen molar-refractivity contribution >= 4 is 39.4 Å². The number of rotatable bonds is 2. The Bertz CT molecular complexity index is 1230. The first-order chi connectivity index (χ1) is 12.0. The molecule has 0 unspecified atom stereocenters. The van der Waals surface area contributed by atoms with Gasteiger partial charge in [0, 0.05) is 18.5 Å². The number of aromatic nitrogens is 4. The fraction of sp³-hybridized carbons (Fsp3) is 0.0588. The molecule has 25 heavy (non-hydrogen) atoms. The lowest BCUT2D eigenvalue weighted by Crippen LogP contribution is -2.20. The minimum Gasteiger partial charge on any atom is -0.364 e. The highest BCUT2D eigenvalue weighted by Crippen LogP contribution is 2.23. The zero-order valence-electron chi connectivity index (χ0n) is 13.1. The van der Waals surface area contributed by atoms with E-state index < -0.39 is 5.91 Å². The van der Waals surface area contributed by atoms with Crippen LogP contribution in [0.3, 0.4) is 0 Å². The summed E-state index contributed by atoms with van der Waals surface area (Å²) in [6.45, 7) is 0. The van der Waals surface area contributed by atoms with E-state index in [-0.39, 0.29) is 11.3 Å². The van der Waals surface area contributed by atoms with E-state index in [4.69, 9.17) is 17.3 Å². The van der Waals surface area contributed by atoms with Gasteiger partial charge in [-0.25, -0.2) is 4.98 Å². The molecule has 0 aliphatic carbocycles. The van der Waals surface area contributed by atoms with Crippen LogP contribution in [-0.2, 0) is 7.05 Å². The molecule has 2 N–H and O–H groups in total. The Morgan fingerprint density at radius 2 is 1.96 bits per heavy atom. The first-order valence-corrected chi connectivity index (χ1v) is 7.79. The predicted molar refractivity (Wildman–Crippen MR) is 95.1 cm³/mol. The van der Waals surface area contributed by atoms with Crippen molar-refractivity contribution in [3.8, 4) is 5.69 Å². The van der Waals surface area contributed by atoms with Crippen molar-refractivity contribution < 1.29 is 4.79 Å². The van der Waals surface area contributed by atoms with Crippen LogP contribution in [-0.4, -0.2) is 25.2 Å². The third-order valence-electron chi connectivity index (χ3n) is 4.02. The van der Waals surface area contributed by atoms with Gasteiger partial charge in [0.05, 0.1) is 16.7 Å². The molecule has 4 aromatic rings. The van der Waals surface area contributed by atoms with E-state index in [2.05, 4.69) is 10.1 Å². The predicted octanol–water partition coefficient (Wildman–Crippen LogP) is 2.02. The highest BCUT2D eigenvalue weighted by atomic mass is 35.5. The monoisotopic (exact) mass is 353 g/mol. The Hall–Kier alpha value is -3.19. The number of fused-ring (bicyclic) bond motifs is 2. The molecule has 0 radical (unpaired) electrons. The van der Waals surface area contributed by atoms with Gasteiger partial charge in [0.25, 0.3) is 11.5 Å². The number of hydrogen-bond acceptors (Lipinski definition) is 4. The van der Waals surface area contributed by atoms with E-state index in [1.807, 2.05) is 6.07 Å². The molecule has 1 amide bonds. The smallest absolute Gasteiger partial charge is 0.271 e. The number of nitrogens with two attached hydrogens (primary N) is 1. The fourth-order valence-corrected chi connectivity index (χ4v) is 3.07. The fourth-order valence-electron chi connectivity index (χ4n) is 2.92. The van der Waals surface area contributed by atoms with Crippen molar-refractivity contribution in [2.45, 2.75) is 0 Å². The van der Waals surface area contributed by atoms with Crippen LogP contribution in [0.15, 0.2) is 47.3 Å². The van der Waals surface area contributed by atoms with Crippen molar-refractivity contribution in [2.24, 2.45) is 12.8 Å². The normalized spacial score (nSPS) is 11.3. The summed E-state index contributed by atoms with van der Waals surface area (Å²) < 4.78 is 2.95. The summed E-state index contributed by atoms with van der Waals surface area (Å²) in [4.78, 5) is 28.6. The average molecular weight is 354 g/mol. The van der Waals surface area contributed by atoms with Crippen LogP contribution in [0, 0.1) is 0 Å². The largest absolute Gasteiger partial charge is 0.364 e. The summed E-state index contributed by atoms with van der Waals surface area (Å²) >= 11 is 5.91. The third-order valence-corrected chi connectivity index (χ3v) is 4.23. The second kappa shape index (κ2) is 5.42. The van der Waals surface area contributed by atoms with Gasteiger partial charge < -0.3 is 5.73 Å². The SMILES string of the molecule is Cn1nc(C(N)=O)c2c1ccc(=O)n2-c1ccc2nc(Cl)ccc2c1. The van der Waals surface area contributed by atoms with E-state index in [1.165, 1.54) is 15.3 Å². The maximum Gasteiger partial charge on any atom is 0.271 e. The molecule has 0 saturated carbocycles. The minimum atomic E-state index is -0.695. The summed E-state index contributed by atoms with van der Waals surface area (Å²) in [6.07, 6.45) is 0. The Labute approximate surface area is 146 Å². The van der Waals surface area contributed by atoms with Gasteiger partial charge in [0.15, 0.2) is 5.69 Å². The van der Waals surface area contributed by atoms with Gasteiger partial charge in [0.1, 0.15) is 10.7 Å². The van der Waals surface area contributed by atoms with E-state index in [9.17, 15) is 9.59 Å². The molecule has 0 atom stereocenters. The molecule has 3 heterocycles. The lowest BCUT2D eigenvalue weighted by molar-refractivity contribution is 0.0996. The number of pyridine rings is 2. The molecule has 0 saturated heterocycles. The minimum absolute atomic E-state index is 0.0459. The van der Waals surface area contributed by atoms with Gasteiger partial charge in [-0.3, -0.25) is 18.8 Å². The molecule has 0 spiro atoms. The summed E-state index contributed by atoms with van der Waals surface area (Å²) in [5.41, 5.74) is 7.50.